The SMILES string of the molecule is COc1ccc(C2CCN(S(=O)(=O)c3ccc4c(c3)C(=O)NCC4)C2)cc1. The Balaban J connectivity index is 1.56. The molecule has 0 aliphatic carbocycles. The van der Waals surface area contributed by atoms with Crippen LogP contribution < -0.4 is 10.1 Å². The van der Waals surface area contributed by atoms with Crippen LogP contribution in [0.3, 0.4) is 0 Å². The van der Waals surface area contributed by atoms with Gasteiger partial charge in [0.25, 0.3) is 5.91 Å². The normalized spacial score (nSPS) is 20.2. The fourth-order valence-electron chi connectivity index (χ4n) is 3.80. The van der Waals surface area contributed by atoms with Gasteiger partial charge in [-0.25, -0.2) is 8.42 Å². The lowest BCUT2D eigenvalue weighted by Crippen LogP contribution is -2.33. The minimum atomic E-state index is -3.62. The Bertz CT molecular complexity index is 970. The molecule has 1 fully saturated rings. The fourth-order valence-corrected chi connectivity index (χ4v) is 5.32. The third-order valence-electron chi connectivity index (χ3n) is 5.38. The highest BCUT2D eigenvalue weighted by molar-refractivity contribution is 7.89. The third-order valence-corrected chi connectivity index (χ3v) is 7.24. The lowest BCUT2D eigenvalue weighted by Gasteiger charge is -2.20. The minimum Gasteiger partial charge on any atom is -0.497 e. The number of sulfonamides is 1. The number of benzene rings is 2. The predicted molar refractivity (Wildman–Crippen MR) is 102 cm³/mol. The van der Waals surface area contributed by atoms with Gasteiger partial charge in [0.2, 0.25) is 10.0 Å². The number of hydrogen-bond acceptors (Lipinski definition) is 4. The molecule has 0 saturated carbocycles. The maximum Gasteiger partial charge on any atom is 0.251 e. The molecule has 0 aromatic heterocycles. The molecular formula is C20H22N2O4S. The van der Waals surface area contributed by atoms with Crippen molar-refractivity contribution in [2.45, 2.75) is 23.7 Å². The van der Waals surface area contributed by atoms with E-state index in [2.05, 4.69) is 5.32 Å². The van der Waals surface area contributed by atoms with Crippen molar-refractivity contribution in [3.8, 4) is 5.75 Å². The zero-order chi connectivity index (χ0) is 19.0. The molecule has 6 nitrogen and oxygen atoms in total. The molecule has 1 saturated heterocycles. The van der Waals surface area contributed by atoms with Crippen molar-refractivity contribution >= 4 is 15.9 Å². The van der Waals surface area contributed by atoms with E-state index in [9.17, 15) is 13.2 Å². The summed E-state index contributed by atoms with van der Waals surface area (Å²) >= 11 is 0. The summed E-state index contributed by atoms with van der Waals surface area (Å²) in [5.41, 5.74) is 2.47. The van der Waals surface area contributed by atoms with Gasteiger partial charge < -0.3 is 10.1 Å². The van der Waals surface area contributed by atoms with E-state index in [4.69, 9.17) is 4.74 Å². The molecule has 1 unspecified atom stereocenters. The van der Waals surface area contributed by atoms with Gasteiger partial charge in [-0.1, -0.05) is 18.2 Å². The van der Waals surface area contributed by atoms with Crippen LogP contribution in [0.4, 0.5) is 0 Å². The monoisotopic (exact) mass is 386 g/mol. The molecule has 0 radical (unpaired) electrons. The van der Waals surface area contributed by atoms with E-state index >= 15 is 0 Å². The zero-order valence-electron chi connectivity index (χ0n) is 15.1. The standard InChI is InChI=1S/C20H22N2O4S/c1-26-17-5-2-14(3-6-17)16-9-11-22(13-16)27(24,25)18-7-4-15-8-10-21-20(23)19(15)12-18/h2-7,12,16H,8-11,13H2,1H3,(H,21,23). The van der Waals surface area contributed by atoms with E-state index in [1.54, 1.807) is 19.2 Å². The van der Waals surface area contributed by atoms with Crippen LogP contribution in [-0.4, -0.2) is 45.4 Å². The van der Waals surface area contributed by atoms with Crippen LogP contribution in [0.1, 0.15) is 33.8 Å². The molecule has 7 heteroatoms. The average Bonchev–Trinajstić information content (AvgIpc) is 3.19. The van der Waals surface area contributed by atoms with Crippen molar-refractivity contribution in [2.75, 3.05) is 26.7 Å². The summed E-state index contributed by atoms with van der Waals surface area (Å²) in [5, 5.41) is 2.77. The van der Waals surface area contributed by atoms with Gasteiger partial charge in [0.1, 0.15) is 5.75 Å². The van der Waals surface area contributed by atoms with E-state index in [1.165, 1.54) is 10.4 Å². The zero-order valence-corrected chi connectivity index (χ0v) is 16.0. The first-order valence-electron chi connectivity index (χ1n) is 9.04. The van der Waals surface area contributed by atoms with Crippen molar-refractivity contribution in [3.63, 3.8) is 0 Å². The highest BCUT2D eigenvalue weighted by Crippen LogP contribution is 2.32. The van der Waals surface area contributed by atoms with Crippen LogP contribution in [0, 0.1) is 0 Å². The number of nitrogens with zero attached hydrogens (tertiary/aromatic N) is 1. The van der Waals surface area contributed by atoms with Gasteiger partial charge in [0, 0.05) is 25.2 Å². The quantitative estimate of drug-likeness (QED) is 0.874. The first kappa shape index (κ1) is 18.0. The fraction of sp³-hybridized carbons (Fsp3) is 0.350. The maximum absolute atomic E-state index is 13.1. The van der Waals surface area contributed by atoms with E-state index in [1.807, 2.05) is 24.3 Å². The predicted octanol–water partition coefficient (Wildman–Crippen LogP) is 2.16. The Labute approximate surface area is 159 Å². The number of carbonyl (C=O) groups excluding carboxylic acids is 1. The molecule has 1 N–H and O–H groups in total. The number of carbonyl (C=O) groups is 1. The van der Waals surface area contributed by atoms with Gasteiger partial charge in [-0.3, -0.25) is 4.79 Å². The number of ether oxygens (including phenoxy) is 1. The number of fused-ring (bicyclic) bond motifs is 1. The van der Waals surface area contributed by atoms with Crippen molar-refractivity contribution < 1.29 is 17.9 Å². The van der Waals surface area contributed by atoms with Gasteiger partial charge >= 0.3 is 0 Å². The van der Waals surface area contributed by atoms with E-state index in [-0.39, 0.29) is 16.7 Å². The third kappa shape index (κ3) is 3.33. The Kier molecular flexibility index (Phi) is 4.65. The van der Waals surface area contributed by atoms with Crippen molar-refractivity contribution in [3.05, 3.63) is 59.2 Å². The second kappa shape index (κ2) is 6.98. The summed E-state index contributed by atoms with van der Waals surface area (Å²) in [6.07, 6.45) is 1.50. The minimum absolute atomic E-state index is 0.159. The summed E-state index contributed by atoms with van der Waals surface area (Å²) in [4.78, 5) is 12.2. The van der Waals surface area contributed by atoms with Crippen molar-refractivity contribution in [2.24, 2.45) is 0 Å². The van der Waals surface area contributed by atoms with Crippen LogP contribution in [0.5, 0.6) is 5.75 Å². The van der Waals surface area contributed by atoms with E-state index in [0.717, 1.165) is 29.7 Å². The number of amides is 1. The Morgan fingerprint density at radius 2 is 1.93 bits per heavy atom. The number of rotatable bonds is 4. The van der Waals surface area contributed by atoms with Crippen LogP contribution in [-0.2, 0) is 16.4 Å². The summed E-state index contributed by atoms with van der Waals surface area (Å²) in [7, 11) is -2.00. The number of nitrogens with one attached hydrogen (secondary N) is 1. The molecule has 2 aliphatic rings. The van der Waals surface area contributed by atoms with Gasteiger partial charge in [0.15, 0.2) is 0 Å². The second-order valence-electron chi connectivity index (χ2n) is 6.95. The Morgan fingerprint density at radius 1 is 1.15 bits per heavy atom. The van der Waals surface area contributed by atoms with Crippen molar-refractivity contribution in [1.82, 2.24) is 9.62 Å². The van der Waals surface area contributed by atoms with Gasteiger partial charge in [-0.05, 0) is 54.2 Å². The van der Waals surface area contributed by atoms with Gasteiger partial charge in [0.05, 0.1) is 12.0 Å². The highest BCUT2D eigenvalue weighted by Gasteiger charge is 2.34. The molecule has 0 spiro atoms. The molecule has 2 aromatic rings. The Hall–Kier alpha value is -2.38. The number of methoxy groups -OCH3 is 1. The topological polar surface area (TPSA) is 75.7 Å². The number of hydrogen-bond donors (Lipinski definition) is 1. The Morgan fingerprint density at radius 3 is 2.67 bits per heavy atom. The molecule has 0 bridgehead atoms. The molecule has 2 aliphatic heterocycles. The molecule has 1 atom stereocenters. The average molecular weight is 386 g/mol. The van der Waals surface area contributed by atoms with E-state index < -0.39 is 10.0 Å². The molecular weight excluding hydrogens is 364 g/mol. The molecule has 2 aromatic carbocycles. The summed E-state index contributed by atoms with van der Waals surface area (Å²) in [5.74, 6) is 0.742. The van der Waals surface area contributed by atoms with Gasteiger partial charge in [-0.15, -0.1) is 0 Å². The smallest absolute Gasteiger partial charge is 0.251 e. The summed E-state index contributed by atoms with van der Waals surface area (Å²) in [6, 6.07) is 12.7. The van der Waals surface area contributed by atoms with Gasteiger partial charge in [-0.2, -0.15) is 4.31 Å². The summed E-state index contributed by atoms with van der Waals surface area (Å²) < 4.78 is 32.9. The molecule has 2 heterocycles. The molecule has 142 valence electrons. The van der Waals surface area contributed by atoms with Crippen molar-refractivity contribution in [1.29, 1.82) is 0 Å². The first-order chi connectivity index (χ1) is 13.0. The lowest BCUT2D eigenvalue weighted by atomic mass is 9.99. The largest absolute Gasteiger partial charge is 0.497 e. The first-order valence-corrected chi connectivity index (χ1v) is 10.5. The highest BCUT2D eigenvalue weighted by atomic mass is 32.2. The summed E-state index contributed by atoms with van der Waals surface area (Å²) in [6.45, 7) is 1.51. The maximum atomic E-state index is 13.1. The van der Waals surface area contributed by atoms with Crippen LogP contribution in [0.2, 0.25) is 0 Å². The molecule has 27 heavy (non-hydrogen) atoms. The molecule has 1 amide bonds. The molecule has 4 rings (SSSR count). The van der Waals surface area contributed by atoms with Crippen LogP contribution in [0.25, 0.3) is 0 Å². The second-order valence-corrected chi connectivity index (χ2v) is 8.88. The lowest BCUT2D eigenvalue weighted by molar-refractivity contribution is 0.0945. The van der Waals surface area contributed by atoms with Crippen LogP contribution >= 0.6 is 0 Å². The van der Waals surface area contributed by atoms with E-state index in [0.29, 0.717) is 25.2 Å². The van der Waals surface area contributed by atoms with Crippen LogP contribution in [0.15, 0.2) is 47.4 Å².